The van der Waals surface area contributed by atoms with Crippen molar-refractivity contribution in [3.05, 3.63) is 35.3 Å². The third kappa shape index (κ3) is 3.21. The minimum absolute atomic E-state index is 0.0748. The van der Waals surface area contributed by atoms with Gasteiger partial charge in [0.25, 0.3) is 0 Å². The number of nitrogens with zero attached hydrogens (tertiary/aromatic N) is 4. The lowest BCUT2D eigenvalue weighted by Gasteiger charge is -2.15. The highest BCUT2D eigenvalue weighted by molar-refractivity contribution is 9.10. The summed E-state index contributed by atoms with van der Waals surface area (Å²) in [5.41, 5.74) is 1.59. The van der Waals surface area contributed by atoms with E-state index < -0.39 is 0 Å². The molecule has 0 saturated heterocycles. The fourth-order valence-corrected chi connectivity index (χ4v) is 2.74. The molecule has 2 heterocycles. The largest absolute Gasteiger partial charge is 0.312 e. The average Bonchev–Trinajstić information content (AvgIpc) is 2.86. The molecule has 0 bridgehead atoms. The second kappa shape index (κ2) is 6.90. The molecule has 2 rings (SSSR count). The zero-order valence-electron chi connectivity index (χ0n) is 11.3. The molecule has 106 valence electrons. The lowest BCUT2D eigenvalue weighted by molar-refractivity contribution is -0.117. The highest BCUT2D eigenvalue weighted by Crippen LogP contribution is 2.27. The molecule has 20 heavy (non-hydrogen) atoms. The SMILES string of the molecule is CSCCC(=O)N(C)c1cnn(-c2cccnc2)c1Br. The van der Waals surface area contributed by atoms with E-state index in [4.69, 9.17) is 0 Å². The molecule has 0 aliphatic carbocycles. The van der Waals surface area contributed by atoms with E-state index in [0.717, 1.165) is 21.7 Å². The van der Waals surface area contributed by atoms with Gasteiger partial charge in [-0.05, 0) is 34.3 Å². The van der Waals surface area contributed by atoms with E-state index in [0.29, 0.717) is 6.42 Å². The first kappa shape index (κ1) is 15.1. The zero-order valence-corrected chi connectivity index (χ0v) is 13.7. The fraction of sp³-hybridized carbons (Fsp3) is 0.308. The van der Waals surface area contributed by atoms with Crippen molar-refractivity contribution in [2.75, 3.05) is 24.0 Å². The van der Waals surface area contributed by atoms with Gasteiger partial charge in [-0.2, -0.15) is 16.9 Å². The van der Waals surface area contributed by atoms with Gasteiger partial charge in [-0.15, -0.1) is 0 Å². The maximum atomic E-state index is 12.0. The van der Waals surface area contributed by atoms with Crippen LogP contribution in [0.15, 0.2) is 35.3 Å². The Bertz CT molecular complexity index is 587. The van der Waals surface area contributed by atoms with Gasteiger partial charge in [0.1, 0.15) is 4.60 Å². The Morgan fingerprint density at radius 3 is 2.95 bits per heavy atom. The first-order valence-corrected chi connectivity index (χ1v) is 8.23. The number of hydrogen-bond acceptors (Lipinski definition) is 4. The number of pyridine rings is 1. The highest BCUT2D eigenvalue weighted by atomic mass is 79.9. The Morgan fingerprint density at radius 1 is 1.50 bits per heavy atom. The van der Waals surface area contributed by atoms with Gasteiger partial charge >= 0.3 is 0 Å². The van der Waals surface area contributed by atoms with Crippen molar-refractivity contribution < 1.29 is 4.79 Å². The van der Waals surface area contributed by atoms with Gasteiger partial charge in [-0.3, -0.25) is 9.78 Å². The monoisotopic (exact) mass is 354 g/mol. The molecule has 0 aromatic carbocycles. The summed E-state index contributed by atoms with van der Waals surface area (Å²) in [6, 6.07) is 3.75. The number of rotatable bonds is 5. The number of halogens is 1. The molecule has 5 nitrogen and oxygen atoms in total. The molecule has 1 amide bonds. The Morgan fingerprint density at radius 2 is 2.30 bits per heavy atom. The highest BCUT2D eigenvalue weighted by Gasteiger charge is 2.18. The van der Waals surface area contributed by atoms with Crippen LogP contribution in [0, 0.1) is 0 Å². The van der Waals surface area contributed by atoms with Gasteiger partial charge in [0.05, 0.1) is 23.8 Å². The number of thioether (sulfide) groups is 1. The lowest BCUT2D eigenvalue weighted by atomic mass is 10.4. The van der Waals surface area contributed by atoms with Gasteiger partial charge in [0, 0.05) is 25.4 Å². The van der Waals surface area contributed by atoms with Crippen molar-refractivity contribution in [3.63, 3.8) is 0 Å². The molecule has 0 saturated carbocycles. The number of anilines is 1. The molecule has 0 aliphatic heterocycles. The molecule has 0 atom stereocenters. The number of hydrogen-bond donors (Lipinski definition) is 0. The van der Waals surface area contributed by atoms with Crippen LogP contribution in [0.3, 0.4) is 0 Å². The topological polar surface area (TPSA) is 51.0 Å². The Hall–Kier alpha value is -1.34. The fourth-order valence-electron chi connectivity index (χ4n) is 1.70. The van der Waals surface area contributed by atoms with Crippen molar-refractivity contribution in [2.45, 2.75) is 6.42 Å². The van der Waals surface area contributed by atoms with Crippen LogP contribution < -0.4 is 4.90 Å². The van der Waals surface area contributed by atoms with Gasteiger partial charge in [-0.1, -0.05) is 0 Å². The molecule has 0 radical (unpaired) electrons. The number of carbonyl (C=O) groups excluding carboxylic acids is 1. The van der Waals surface area contributed by atoms with Crippen LogP contribution in [0.5, 0.6) is 0 Å². The summed E-state index contributed by atoms with van der Waals surface area (Å²) in [4.78, 5) is 17.7. The van der Waals surface area contributed by atoms with E-state index in [1.807, 2.05) is 18.4 Å². The number of aromatic nitrogens is 3. The second-order valence-electron chi connectivity index (χ2n) is 4.14. The predicted octanol–water partition coefficient (Wildman–Crippen LogP) is 2.75. The summed E-state index contributed by atoms with van der Waals surface area (Å²) >= 11 is 5.16. The van der Waals surface area contributed by atoms with Crippen LogP contribution in [0.2, 0.25) is 0 Å². The molecule has 7 heteroatoms. The molecule has 2 aromatic rings. The molecule has 0 unspecified atom stereocenters. The summed E-state index contributed by atoms with van der Waals surface area (Å²) in [6.45, 7) is 0. The van der Waals surface area contributed by atoms with Crippen LogP contribution in [0.1, 0.15) is 6.42 Å². The summed E-state index contributed by atoms with van der Waals surface area (Å²) in [5, 5.41) is 4.30. The van der Waals surface area contributed by atoms with Crippen LogP contribution in [0.25, 0.3) is 5.69 Å². The minimum atomic E-state index is 0.0748. The van der Waals surface area contributed by atoms with E-state index in [9.17, 15) is 4.79 Å². The maximum absolute atomic E-state index is 12.0. The summed E-state index contributed by atoms with van der Waals surface area (Å²) in [5.74, 6) is 0.892. The van der Waals surface area contributed by atoms with Gasteiger partial charge in [0.15, 0.2) is 0 Å². The van der Waals surface area contributed by atoms with Crippen molar-refractivity contribution in [1.82, 2.24) is 14.8 Å². The Balaban J connectivity index is 2.23. The third-order valence-electron chi connectivity index (χ3n) is 2.84. The first-order valence-electron chi connectivity index (χ1n) is 6.04. The summed E-state index contributed by atoms with van der Waals surface area (Å²) in [7, 11) is 1.76. The van der Waals surface area contributed by atoms with Crippen molar-refractivity contribution in [3.8, 4) is 5.69 Å². The first-order chi connectivity index (χ1) is 9.65. The number of amides is 1. The van der Waals surface area contributed by atoms with Gasteiger partial charge in [0.2, 0.25) is 5.91 Å². The molecular formula is C13H15BrN4OS. The van der Waals surface area contributed by atoms with Crippen molar-refractivity contribution in [1.29, 1.82) is 0 Å². The van der Waals surface area contributed by atoms with Gasteiger partial charge in [-0.25, -0.2) is 4.68 Å². The predicted molar refractivity (Wildman–Crippen MR) is 85.5 cm³/mol. The van der Waals surface area contributed by atoms with E-state index in [2.05, 4.69) is 26.0 Å². The maximum Gasteiger partial charge on any atom is 0.227 e. The molecule has 0 spiro atoms. The zero-order chi connectivity index (χ0) is 14.5. The van der Waals surface area contributed by atoms with E-state index >= 15 is 0 Å². The van der Waals surface area contributed by atoms with Crippen molar-refractivity contribution in [2.24, 2.45) is 0 Å². The van der Waals surface area contributed by atoms with E-state index in [1.165, 1.54) is 0 Å². The molecule has 2 aromatic heterocycles. The standard InChI is InChI=1S/C13H15BrN4OS/c1-17(12(19)5-7-20-2)11-9-16-18(13(11)14)10-4-3-6-15-8-10/h3-4,6,8-9H,5,7H2,1-2H3. The lowest BCUT2D eigenvalue weighted by Crippen LogP contribution is -2.26. The summed E-state index contributed by atoms with van der Waals surface area (Å²) < 4.78 is 2.45. The van der Waals surface area contributed by atoms with E-state index in [1.54, 1.807) is 47.0 Å². The number of carbonyl (C=O) groups is 1. The molecule has 0 N–H and O–H groups in total. The molecule has 0 aliphatic rings. The Labute approximate surface area is 130 Å². The normalized spacial score (nSPS) is 10.6. The molecule has 0 fully saturated rings. The quantitative estimate of drug-likeness (QED) is 0.828. The molecular weight excluding hydrogens is 340 g/mol. The van der Waals surface area contributed by atoms with Crippen LogP contribution >= 0.6 is 27.7 Å². The van der Waals surface area contributed by atoms with E-state index in [-0.39, 0.29) is 5.91 Å². The van der Waals surface area contributed by atoms with Crippen molar-refractivity contribution >= 4 is 39.3 Å². The van der Waals surface area contributed by atoms with Gasteiger partial charge < -0.3 is 4.90 Å². The van der Waals surface area contributed by atoms with Crippen LogP contribution in [-0.4, -0.2) is 39.7 Å². The Kier molecular flexibility index (Phi) is 5.19. The second-order valence-corrected chi connectivity index (χ2v) is 5.88. The van der Waals surface area contributed by atoms with Crippen LogP contribution in [-0.2, 0) is 4.79 Å². The minimum Gasteiger partial charge on any atom is -0.312 e. The van der Waals surface area contributed by atoms with Crippen LogP contribution in [0.4, 0.5) is 5.69 Å². The average molecular weight is 355 g/mol. The summed E-state index contributed by atoms with van der Waals surface area (Å²) in [6.07, 6.45) is 7.61. The smallest absolute Gasteiger partial charge is 0.227 e. The third-order valence-corrected chi connectivity index (χ3v) is 4.19.